The maximum absolute atomic E-state index is 13.3. The van der Waals surface area contributed by atoms with Gasteiger partial charge in [-0.15, -0.1) is 0 Å². The predicted octanol–water partition coefficient (Wildman–Crippen LogP) is 3.36. The van der Waals surface area contributed by atoms with Crippen LogP contribution < -0.4 is 14.8 Å². The number of hydrogen-bond acceptors (Lipinski definition) is 6. The summed E-state index contributed by atoms with van der Waals surface area (Å²) in [6, 6.07) is 12.5. The first kappa shape index (κ1) is 21.5. The van der Waals surface area contributed by atoms with Gasteiger partial charge in [0.25, 0.3) is 5.91 Å². The Kier molecular flexibility index (Phi) is 6.04. The van der Waals surface area contributed by atoms with E-state index in [4.69, 9.17) is 9.47 Å². The molecule has 5 rings (SSSR count). The summed E-state index contributed by atoms with van der Waals surface area (Å²) in [5, 5.41) is 28.5. The van der Waals surface area contributed by atoms with Crippen molar-refractivity contribution in [3.05, 3.63) is 70.5 Å². The molecule has 0 saturated carbocycles. The van der Waals surface area contributed by atoms with Gasteiger partial charge in [-0.25, -0.2) is 0 Å². The van der Waals surface area contributed by atoms with Gasteiger partial charge in [0.1, 0.15) is 13.2 Å². The van der Waals surface area contributed by atoms with Gasteiger partial charge in [0, 0.05) is 23.5 Å². The van der Waals surface area contributed by atoms with Crippen molar-refractivity contribution in [3.8, 4) is 22.6 Å². The third kappa shape index (κ3) is 4.32. The quantitative estimate of drug-likeness (QED) is 0.336. The van der Waals surface area contributed by atoms with Crippen LogP contribution in [0, 0.1) is 0 Å². The van der Waals surface area contributed by atoms with Crippen molar-refractivity contribution in [3.63, 3.8) is 0 Å². The number of aromatic nitrogens is 1. The van der Waals surface area contributed by atoms with E-state index in [2.05, 4.69) is 10.3 Å². The van der Waals surface area contributed by atoms with Gasteiger partial charge < -0.3 is 30.0 Å². The summed E-state index contributed by atoms with van der Waals surface area (Å²) in [5.74, 6) is 0.446. The van der Waals surface area contributed by atoms with E-state index < -0.39 is 24.7 Å². The first-order chi connectivity index (χ1) is 16.1. The van der Waals surface area contributed by atoms with Gasteiger partial charge in [0.15, 0.2) is 11.5 Å². The Hall–Kier alpha value is -3.33. The highest BCUT2D eigenvalue weighted by atomic mass is 32.1. The normalized spacial score (nSPS) is 14.7. The molecule has 33 heavy (non-hydrogen) atoms. The number of nitrogens with one attached hydrogen (secondary N) is 2. The number of rotatable bonds is 7. The number of carbonyl (C=O) groups is 1. The number of aliphatic hydroxyl groups excluding tert-OH is 2. The first-order valence-electron chi connectivity index (χ1n) is 10.7. The van der Waals surface area contributed by atoms with Gasteiger partial charge in [-0.2, -0.15) is 11.3 Å². The SMILES string of the molecule is O=C(N[C@H](CO)C(O)Cc1c[nH]c2ccccc12)c1cc(-c2ccsc2)cc2c1OCCO2. The van der Waals surface area contributed by atoms with E-state index in [1.807, 2.05) is 53.4 Å². The molecule has 1 unspecified atom stereocenters. The summed E-state index contributed by atoms with van der Waals surface area (Å²) in [7, 11) is 0. The minimum Gasteiger partial charge on any atom is -0.486 e. The Labute approximate surface area is 194 Å². The van der Waals surface area contributed by atoms with Crippen molar-refractivity contribution < 1.29 is 24.5 Å². The summed E-state index contributed by atoms with van der Waals surface area (Å²) in [5.41, 5.74) is 4.01. The van der Waals surface area contributed by atoms with Crippen LogP contribution in [0.1, 0.15) is 15.9 Å². The van der Waals surface area contributed by atoms with Crippen molar-refractivity contribution in [2.24, 2.45) is 0 Å². The molecule has 4 aromatic rings. The molecule has 2 aromatic carbocycles. The van der Waals surface area contributed by atoms with Gasteiger partial charge in [-0.3, -0.25) is 4.79 Å². The van der Waals surface area contributed by atoms with Crippen LogP contribution in [0.5, 0.6) is 11.5 Å². The van der Waals surface area contributed by atoms with Gasteiger partial charge in [-0.1, -0.05) is 18.2 Å². The van der Waals surface area contributed by atoms with Crippen LogP contribution in [0.4, 0.5) is 0 Å². The highest BCUT2D eigenvalue weighted by Crippen LogP contribution is 2.39. The number of hydrogen-bond donors (Lipinski definition) is 4. The fraction of sp³-hybridized carbons (Fsp3) is 0.240. The molecule has 3 heterocycles. The molecule has 0 spiro atoms. The average Bonchev–Trinajstić information content (AvgIpc) is 3.52. The second kappa shape index (κ2) is 9.27. The van der Waals surface area contributed by atoms with Crippen LogP contribution in [0.15, 0.2) is 59.4 Å². The summed E-state index contributed by atoms with van der Waals surface area (Å²) < 4.78 is 11.5. The molecule has 0 aliphatic carbocycles. The van der Waals surface area contributed by atoms with Crippen LogP contribution in [0.25, 0.3) is 22.0 Å². The largest absolute Gasteiger partial charge is 0.486 e. The van der Waals surface area contributed by atoms with Crippen LogP contribution >= 0.6 is 11.3 Å². The van der Waals surface area contributed by atoms with Crippen LogP contribution in [-0.2, 0) is 6.42 Å². The molecule has 2 aromatic heterocycles. The van der Waals surface area contributed by atoms with Crippen molar-refractivity contribution in [2.45, 2.75) is 18.6 Å². The van der Waals surface area contributed by atoms with Crippen molar-refractivity contribution in [1.29, 1.82) is 0 Å². The molecule has 1 aliphatic heterocycles. The Bertz CT molecular complexity index is 1270. The number of benzene rings is 2. The molecule has 0 radical (unpaired) electrons. The van der Waals surface area contributed by atoms with E-state index in [0.29, 0.717) is 30.3 Å². The van der Waals surface area contributed by atoms with E-state index in [-0.39, 0.29) is 6.42 Å². The first-order valence-corrected chi connectivity index (χ1v) is 11.7. The van der Waals surface area contributed by atoms with Crippen molar-refractivity contribution in [2.75, 3.05) is 19.8 Å². The molecule has 170 valence electrons. The van der Waals surface area contributed by atoms with E-state index in [1.54, 1.807) is 17.4 Å². The highest BCUT2D eigenvalue weighted by Gasteiger charge is 2.27. The summed E-state index contributed by atoms with van der Waals surface area (Å²) in [4.78, 5) is 16.4. The highest BCUT2D eigenvalue weighted by molar-refractivity contribution is 7.08. The van der Waals surface area contributed by atoms with Crippen LogP contribution in [-0.4, -0.2) is 53.1 Å². The van der Waals surface area contributed by atoms with E-state index in [9.17, 15) is 15.0 Å². The summed E-state index contributed by atoms with van der Waals surface area (Å²) in [6.45, 7) is 0.348. The number of amides is 1. The molecule has 0 bridgehead atoms. The zero-order chi connectivity index (χ0) is 22.8. The van der Waals surface area contributed by atoms with E-state index >= 15 is 0 Å². The van der Waals surface area contributed by atoms with E-state index in [0.717, 1.165) is 27.6 Å². The van der Waals surface area contributed by atoms with Crippen molar-refractivity contribution >= 4 is 28.1 Å². The number of aromatic amines is 1. The fourth-order valence-electron chi connectivity index (χ4n) is 4.10. The average molecular weight is 465 g/mol. The lowest BCUT2D eigenvalue weighted by Crippen LogP contribution is -2.46. The zero-order valence-electron chi connectivity index (χ0n) is 17.8. The van der Waals surface area contributed by atoms with Gasteiger partial charge in [0.05, 0.1) is 24.3 Å². The van der Waals surface area contributed by atoms with Gasteiger partial charge in [-0.05, 0) is 51.7 Å². The standard InChI is InChI=1S/C25H24N2O5S/c28-13-21(22(29)10-17-12-26-20-4-2-1-3-18(17)20)27-25(30)19-9-16(15-5-8-33-14-15)11-23-24(19)32-7-6-31-23/h1-5,8-9,11-12,14,21-22,26,28-29H,6-7,10,13H2,(H,27,30)/t21-,22?/m1/s1. The van der Waals surface area contributed by atoms with E-state index in [1.165, 1.54) is 0 Å². The molecule has 8 heteroatoms. The monoisotopic (exact) mass is 464 g/mol. The lowest BCUT2D eigenvalue weighted by atomic mass is 10.00. The topological polar surface area (TPSA) is 104 Å². The molecule has 7 nitrogen and oxygen atoms in total. The maximum Gasteiger partial charge on any atom is 0.255 e. The summed E-state index contributed by atoms with van der Waals surface area (Å²) >= 11 is 1.57. The lowest BCUT2D eigenvalue weighted by Gasteiger charge is -2.25. The van der Waals surface area contributed by atoms with Gasteiger partial charge >= 0.3 is 0 Å². The third-order valence-electron chi connectivity index (χ3n) is 5.82. The summed E-state index contributed by atoms with van der Waals surface area (Å²) in [6.07, 6.45) is 1.14. The Morgan fingerprint density at radius 1 is 1.15 bits per heavy atom. The molecule has 4 N–H and O–H groups in total. The second-order valence-corrected chi connectivity index (χ2v) is 8.73. The van der Waals surface area contributed by atoms with Crippen LogP contribution in [0.3, 0.4) is 0 Å². The molecule has 2 atom stereocenters. The number of ether oxygens (including phenoxy) is 2. The molecule has 1 aliphatic rings. The molecular formula is C25H24N2O5S. The second-order valence-electron chi connectivity index (χ2n) is 7.95. The fourth-order valence-corrected chi connectivity index (χ4v) is 4.76. The zero-order valence-corrected chi connectivity index (χ0v) is 18.6. The lowest BCUT2D eigenvalue weighted by molar-refractivity contribution is 0.0700. The number of H-pyrrole nitrogens is 1. The number of aliphatic hydroxyl groups is 2. The molecular weight excluding hydrogens is 440 g/mol. The molecule has 0 saturated heterocycles. The molecule has 1 amide bonds. The number of para-hydroxylation sites is 1. The maximum atomic E-state index is 13.3. The Balaban J connectivity index is 1.39. The number of carbonyl (C=O) groups excluding carboxylic acids is 1. The Morgan fingerprint density at radius 2 is 2.00 bits per heavy atom. The number of fused-ring (bicyclic) bond motifs is 2. The Morgan fingerprint density at radius 3 is 2.82 bits per heavy atom. The molecule has 0 fully saturated rings. The van der Waals surface area contributed by atoms with Crippen molar-refractivity contribution in [1.82, 2.24) is 10.3 Å². The van der Waals surface area contributed by atoms with Gasteiger partial charge in [0.2, 0.25) is 0 Å². The number of thiophene rings is 1. The third-order valence-corrected chi connectivity index (χ3v) is 6.51. The predicted molar refractivity (Wildman–Crippen MR) is 127 cm³/mol. The minimum atomic E-state index is -0.980. The smallest absolute Gasteiger partial charge is 0.255 e. The van der Waals surface area contributed by atoms with Crippen LogP contribution in [0.2, 0.25) is 0 Å². The minimum absolute atomic E-state index is 0.280.